The topological polar surface area (TPSA) is 94.2 Å². The third-order valence-corrected chi connectivity index (χ3v) is 8.10. The van der Waals surface area contributed by atoms with Gasteiger partial charge in [0.15, 0.2) is 11.3 Å². The highest BCUT2D eigenvalue weighted by Crippen LogP contribution is 2.30. The lowest BCUT2D eigenvalue weighted by atomic mass is 10.1. The Balaban J connectivity index is 1.72. The molecule has 0 spiro atoms. The molecule has 4 aromatic rings. The first-order chi connectivity index (χ1) is 13.5. The smallest absolute Gasteiger partial charge is 0.269 e. The van der Waals surface area contributed by atoms with E-state index in [0.717, 1.165) is 24.5 Å². The molecule has 4 heterocycles. The molecule has 5 rings (SSSR count). The van der Waals surface area contributed by atoms with Crippen molar-refractivity contribution in [2.75, 3.05) is 13.1 Å². The third-order valence-electron chi connectivity index (χ3n) is 5.11. The van der Waals surface area contributed by atoms with Gasteiger partial charge in [-0.3, -0.25) is 4.40 Å². The molecule has 0 amide bonds. The summed E-state index contributed by atoms with van der Waals surface area (Å²) in [7, 11) is -3.75. The summed E-state index contributed by atoms with van der Waals surface area (Å²) < 4.78 is 29.9. The Kier molecular flexibility index (Phi) is 4.18. The molecular formula is C18H17IN6O2S. The Morgan fingerprint density at radius 1 is 1.14 bits per heavy atom. The molecule has 1 aromatic carbocycles. The van der Waals surface area contributed by atoms with Gasteiger partial charge < -0.3 is 5.32 Å². The lowest BCUT2D eigenvalue weighted by Gasteiger charge is -2.11. The predicted octanol–water partition coefficient (Wildman–Crippen LogP) is 2.11. The zero-order valence-corrected chi connectivity index (χ0v) is 17.9. The molecule has 1 aliphatic rings. The Morgan fingerprint density at radius 2 is 1.93 bits per heavy atom. The van der Waals surface area contributed by atoms with E-state index >= 15 is 0 Å². The molecule has 0 unspecified atom stereocenters. The minimum Gasteiger partial charge on any atom is -0.315 e. The van der Waals surface area contributed by atoms with Gasteiger partial charge in [-0.15, -0.1) is 10.2 Å². The summed E-state index contributed by atoms with van der Waals surface area (Å²) in [6.07, 6.45) is 3.12. The number of halogens is 1. The van der Waals surface area contributed by atoms with Crippen molar-refractivity contribution in [1.82, 2.24) is 28.9 Å². The van der Waals surface area contributed by atoms with Crippen molar-refractivity contribution in [3.8, 4) is 0 Å². The van der Waals surface area contributed by atoms with Gasteiger partial charge in [0.05, 0.1) is 16.6 Å². The van der Waals surface area contributed by atoms with E-state index in [1.54, 1.807) is 42.7 Å². The Morgan fingerprint density at radius 3 is 2.64 bits per heavy atom. The average molecular weight is 508 g/mol. The Hall–Kier alpha value is -2.05. The molecule has 3 aromatic heterocycles. The minimum absolute atomic E-state index is 0.207. The van der Waals surface area contributed by atoms with Gasteiger partial charge in [-0.25, -0.2) is 17.4 Å². The maximum absolute atomic E-state index is 13.2. The van der Waals surface area contributed by atoms with Crippen molar-refractivity contribution in [2.24, 2.45) is 0 Å². The fourth-order valence-corrected chi connectivity index (χ4v) is 5.79. The zero-order valence-electron chi connectivity index (χ0n) is 14.9. The first kappa shape index (κ1) is 18.0. The number of hydrogen-bond donors (Lipinski definition) is 1. The maximum atomic E-state index is 13.2. The summed E-state index contributed by atoms with van der Waals surface area (Å²) in [6.45, 7) is 3.66. The number of benzene rings is 1. The van der Waals surface area contributed by atoms with Gasteiger partial charge in [-0.05, 0) is 25.1 Å². The van der Waals surface area contributed by atoms with Crippen LogP contribution in [0.5, 0.6) is 0 Å². The number of aromatic nitrogens is 5. The van der Waals surface area contributed by atoms with Crippen LogP contribution >= 0.6 is 22.6 Å². The van der Waals surface area contributed by atoms with Crippen molar-refractivity contribution < 1.29 is 8.42 Å². The lowest BCUT2D eigenvalue weighted by molar-refractivity contribution is 0.588. The lowest BCUT2D eigenvalue weighted by Crippen LogP contribution is -2.14. The second-order valence-corrected chi connectivity index (χ2v) is 10.3. The van der Waals surface area contributed by atoms with E-state index in [1.807, 2.05) is 11.3 Å². The van der Waals surface area contributed by atoms with Crippen LogP contribution in [0.4, 0.5) is 0 Å². The van der Waals surface area contributed by atoms with E-state index in [-0.39, 0.29) is 10.8 Å². The van der Waals surface area contributed by atoms with Crippen LogP contribution in [0.3, 0.4) is 0 Å². The molecule has 144 valence electrons. The van der Waals surface area contributed by atoms with Crippen LogP contribution in [-0.2, 0) is 10.0 Å². The molecule has 0 aliphatic carbocycles. The molecule has 1 fully saturated rings. The molecule has 2 atom stereocenters. The van der Waals surface area contributed by atoms with Crippen LogP contribution in [0.15, 0.2) is 47.6 Å². The number of nitrogens with zero attached hydrogens (tertiary/aromatic N) is 5. The average Bonchev–Trinajstić information content (AvgIpc) is 3.38. The van der Waals surface area contributed by atoms with Crippen LogP contribution in [0.2, 0.25) is 0 Å². The molecule has 0 radical (unpaired) electrons. The fraction of sp³-hybridized carbons (Fsp3) is 0.278. The van der Waals surface area contributed by atoms with Crippen molar-refractivity contribution >= 4 is 49.4 Å². The first-order valence-corrected chi connectivity index (χ1v) is 11.5. The van der Waals surface area contributed by atoms with Gasteiger partial charge in [-0.2, -0.15) is 0 Å². The second kappa shape index (κ2) is 6.49. The van der Waals surface area contributed by atoms with Crippen molar-refractivity contribution in [3.63, 3.8) is 0 Å². The van der Waals surface area contributed by atoms with Crippen molar-refractivity contribution in [2.45, 2.75) is 21.7 Å². The zero-order chi connectivity index (χ0) is 19.5. The number of rotatable bonds is 3. The molecule has 0 bridgehead atoms. The van der Waals surface area contributed by atoms with Gasteiger partial charge >= 0.3 is 0 Å². The standard InChI is InChI=1S/C18H17IN6O2S/c1-11-2-4-12(5-3-11)28(26,27)24-7-6-15-18(24)21-10-16-22-23-17(25(15)16)13-8-20-9-14(13)19/h2-7,10,13-14,20H,8-9H2,1H3/t13-,14+/m0/s1. The van der Waals surface area contributed by atoms with Crippen molar-refractivity contribution in [1.29, 1.82) is 0 Å². The summed E-state index contributed by atoms with van der Waals surface area (Å²) in [5, 5.41) is 12.0. The second-order valence-electron chi connectivity index (χ2n) is 6.93. The molecule has 0 saturated carbocycles. The van der Waals surface area contributed by atoms with E-state index in [1.165, 1.54) is 3.97 Å². The highest BCUT2D eigenvalue weighted by molar-refractivity contribution is 14.1. The van der Waals surface area contributed by atoms with Gasteiger partial charge in [0.2, 0.25) is 0 Å². The maximum Gasteiger partial charge on any atom is 0.269 e. The molecular weight excluding hydrogens is 491 g/mol. The van der Waals surface area contributed by atoms with Crippen LogP contribution in [0.25, 0.3) is 16.8 Å². The van der Waals surface area contributed by atoms with Crippen LogP contribution in [0, 0.1) is 6.92 Å². The van der Waals surface area contributed by atoms with Crippen molar-refractivity contribution in [3.05, 3.63) is 54.1 Å². The monoisotopic (exact) mass is 508 g/mol. The summed E-state index contributed by atoms with van der Waals surface area (Å²) in [6, 6.07) is 8.57. The summed E-state index contributed by atoms with van der Waals surface area (Å²) >= 11 is 2.42. The SMILES string of the molecule is Cc1ccc(S(=O)(=O)n2ccc3c2ncc2nnc([C@H]4CNC[C@H]4I)n23)cc1. The summed E-state index contributed by atoms with van der Waals surface area (Å²) in [4.78, 5) is 4.61. The quantitative estimate of drug-likeness (QED) is 0.337. The number of fused-ring (bicyclic) bond motifs is 3. The molecule has 1 aliphatic heterocycles. The minimum atomic E-state index is -3.75. The normalized spacial score (nSPS) is 20.4. The largest absolute Gasteiger partial charge is 0.315 e. The highest BCUT2D eigenvalue weighted by Gasteiger charge is 2.31. The molecule has 1 saturated heterocycles. The van der Waals surface area contributed by atoms with Crippen LogP contribution in [-0.4, -0.2) is 49.0 Å². The number of aryl methyl sites for hydroxylation is 1. The Labute approximate surface area is 175 Å². The number of hydrogen-bond acceptors (Lipinski definition) is 6. The van der Waals surface area contributed by atoms with Gasteiger partial charge in [0.1, 0.15) is 5.82 Å². The van der Waals surface area contributed by atoms with E-state index in [2.05, 4.69) is 43.1 Å². The van der Waals surface area contributed by atoms with E-state index in [4.69, 9.17) is 0 Å². The number of alkyl halides is 1. The molecule has 1 N–H and O–H groups in total. The fourth-order valence-electron chi connectivity index (χ4n) is 3.61. The van der Waals surface area contributed by atoms with Gasteiger partial charge in [0.25, 0.3) is 10.0 Å². The Bertz CT molecular complexity index is 1300. The molecule has 8 nitrogen and oxygen atoms in total. The van der Waals surface area contributed by atoms with E-state index in [9.17, 15) is 8.42 Å². The first-order valence-electron chi connectivity index (χ1n) is 8.85. The predicted molar refractivity (Wildman–Crippen MR) is 113 cm³/mol. The van der Waals surface area contributed by atoms with Crippen LogP contribution in [0.1, 0.15) is 17.3 Å². The summed E-state index contributed by atoms with van der Waals surface area (Å²) in [5.41, 5.74) is 2.67. The highest BCUT2D eigenvalue weighted by atomic mass is 127. The molecule has 28 heavy (non-hydrogen) atoms. The third kappa shape index (κ3) is 2.65. The molecule has 10 heteroatoms. The van der Waals surface area contributed by atoms with Gasteiger partial charge in [-0.1, -0.05) is 40.3 Å². The van der Waals surface area contributed by atoms with Crippen LogP contribution < -0.4 is 5.32 Å². The van der Waals surface area contributed by atoms with E-state index in [0.29, 0.717) is 20.7 Å². The van der Waals surface area contributed by atoms with E-state index < -0.39 is 10.0 Å². The van der Waals surface area contributed by atoms with Gasteiger partial charge in [0, 0.05) is 29.1 Å². The number of nitrogens with one attached hydrogen (secondary N) is 1. The summed E-state index contributed by atoms with van der Waals surface area (Å²) in [5.74, 6) is 1.04.